The number of rotatable bonds is 2. The van der Waals surface area contributed by atoms with Crippen LogP contribution in [0.5, 0.6) is 0 Å². The van der Waals surface area contributed by atoms with Gasteiger partial charge < -0.3 is 0 Å². The van der Waals surface area contributed by atoms with E-state index >= 15 is 0 Å². The Hall–Kier alpha value is -3.00. The molecule has 2 aromatic heterocycles. The van der Waals surface area contributed by atoms with Crippen molar-refractivity contribution >= 4 is 17.2 Å². The maximum Gasteiger partial charge on any atom is 0.182 e. The molecule has 0 N–H and O–H groups in total. The summed E-state index contributed by atoms with van der Waals surface area (Å²) in [6.07, 6.45) is 1.97. The second kappa shape index (κ2) is 5.17. The van der Waals surface area contributed by atoms with Gasteiger partial charge >= 0.3 is 0 Å². The van der Waals surface area contributed by atoms with E-state index in [0.29, 0.717) is 17.1 Å². The van der Waals surface area contributed by atoms with Crippen LogP contribution in [0.1, 0.15) is 16.8 Å². The van der Waals surface area contributed by atoms with Gasteiger partial charge in [-0.3, -0.25) is 4.40 Å². The van der Waals surface area contributed by atoms with E-state index in [1.54, 1.807) is 18.2 Å². The number of aryl methyl sites for hydroxylation is 2. The smallest absolute Gasteiger partial charge is 0.182 e. The summed E-state index contributed by atoms with van der Waals surface area (Å²) in [5.41, 5.74) is 3.82. The molecular formula is C16H13N5. The van der Waals surface area contributed by atoms with Gasteiger partial charge in [0.25, 0.3) is 0 Å². The van der Waals surface area contributed by atoms with Crippen molar-refractivity contribution in [1.82, 2.24) is 9.38 Å². The molecule has 5 heteroatoms. The Morgan fingerprint density at radius 1 is 1.10 bits per heavy atom. The lowest BCUT2D eigenvalue weighted by molar-refractivity contribution is 1.08. The average Bonchev–Trinajstić information content (AvgIpc) is 2.80. The van der Waals surface area contributed by atoms with Crippen molar-refractivity contribution in [2.24, 2.45) is 10.2 Å². The van der Waals surface area contributed by atoms with Crippen LogP contribution in [0.15, 0.2) is 52.8 Å². The molecule has 1 aromatic carbocycles. The third-order valence-corrected chi connectivity index (χ3v) is 3.19. The highest BCUT2D eigenvalue weighted by molar-refractivity contribution is 5.55. The van der Waals surface area contributed by atoms with Crippen molar-refractivity contribution in [1.29, 1.82) is 5.26 Å². The molecule has 21 heavy (non-hydrogen) atoms. The maximum absolute atomic E-state index is 9.07. The molecule has 0 fully saturated rings. The number of azo groups is 1. The van der Waals surface area contributed by atoms with Gasteiger partial charge in [-0.15, -0.1) is 10.2 Å². The minimum Gasteiger partial charge on any atom is -0.283 e. The fourth-order valence-electron chi connectivity index (χ4n) is 2.13. The predicted octanol–water partition coefficient (Wildman–Crippen LogP) is 4.24. The van der Waals surface area contributed by atoms with E-state index < -0.39 is 0 Å². The summed E-state index contributed by atoms with van der Waals surface area (Å²) < 4.78 is 1.91. The van der Waals surface area contributed by atoms with E-state index in [0.717, 1.165) is 16.9 Å². The lowest BCUT2D eigenvalue weighted by atomic mass is 10.2. The monoisotopic (exact) mass is 275 g/mol. The van der Waals surface area contributed by atoms with Crippen LogP contribution >= 0.6 is 0 Å². The molecule has 0 atom stereocenters. The highest BCUT2D eigenvalue weighted by Gasteiger charge is 2.08. The Morgan fingerprint density at radius 3 is 2.71 bits per heavy atom. The van der Waals surface area contributed by atoms with Crippen LogP contribution in [0, 0.1) is 25.2 Å². The molecule has 2 heterocycles. The second-order valence-electron chi connectivity index (χ2n) is 4.78. The molecule has 0 aliphatic heterocycles. The van der Waals surface area contributed by atoms with Gasteiger partial charge in [-0.2, -0.15) is 5.26 Å². The van der Waals surface area contributed by atoms with Crippen molar-refractivity contribution in [3.63, 3.8) is 0 Å². The average molecular weight is 275 g/mol. The van der Waals surface area contributed by atoms with E-state index in [2.05, 4.69) is 21.3 Å². The molecule has 0 spiro atoms. The number of hydrogen-bond acceptors (Lipinski definition) is 4. The third kappa shape index (κ3) is 2.39. The first-order valence-electron chi connectivity index (χ1n) is 6.55. The highest BCUT2D eigenvalue weighted by Crippen LogP contribution is 2.25. The maximum atomic E-state index is 9.07. The molecule has 3 rings (SSSR count). The molecule has 0 aliphatic rings. The Morgan fingerprint density at radius 2 is 1.90 bits per heavy atom. The van der Waals surface area contributed by atoms with Gasteiger partial charge in [-0.25, -0.2) is 4.98 Å². The SMILES string of the molecule is Cc1ccc2nc(C)c(N=Nc3ccccc3C#N)n2c1. The van der Waals surface area contributed by atoms with Crippen LogP contribution in [0.4, 0.5) is 11.5 Å². The van der Waals surface area contributed by atoms with Crippen LogP contribution in [0.3, 0.4) is 0 Å². The topological polar surface area (TPSA) is 65.8 Å². The quantitative estimate of drug-likeness (QED) is 0.656. The highest BCUT2D eigenvalue weighted by atomic mass is 15.2. The Balaban J connectivity index is 2.09. The van der Waals surface area contributed by atoms with Gasteiger partial charge in [0.05, 0.1) is 11.3 Å². The number of hydrogen-bond donors (Lipinski definition) is 0. The van der Waals surface area contributed by atoms with Crippen molar-refractivity contribution in [2.45, 2.75) is 13.8 Å². The summed E-state index contributed by atoms with van der Waals surface area (Å²) in [6.45, 7) is 3.91. The summed E-state index contributed by atoms with van der Waals surface area (Å²) >= 11 is 0. The van der Waals surface area contributed by atoms with Crippen molar-refractivity contribution in [3.8, 4) is 6.07 Å². The van der Waals surface area contributed by atoms with Gasteiger partial charge in [-0.05, 0) is 37.6 Å². The van der Waals surface area contributed by atoms with Crippen LogP contribution in [0.2, 0.25) is 0 Å². The minimum absolute atomic E-state index is 0.504. The molecule has 102 valence electrons. The number of nitrogens with zero attached hydrogens (tertiary/aromatic N) is 5. The van der Waals surface area contributed by atoms with Crippen molar-refractivity contribution in [2.75, 3.05) is 0 Å². The van der Waals surface area contributed by atoms with E-state index in [9.17, 15) is 0 Å². The van der Waals surface area contributed by atoms with E-state index in [1.807, 2.05) is 42.6 Å². The first kappa shape index (κ1) is 13.0. The number of benzene rings is 1. The molecule has 0 amide bonds. The number of aromatic nitrogens is 2. The van der Waals surface area contributed by atoms with Crippen LogP contribution < -0.4 is 0 Å². The minimum atomic E-state index is 0.504. The molecule has 0 unspecified atom stereocenters. The fraction of sp³-hybridized carbons (Fsp3) is 0.125. The molecule has 0 saturated carbocycles. The predicted molar refractivity (Wildman–Crippen MR) is 80.0 cm³/mol. The third-order valence-electron chi connectivity index (χ3n) is 3.19. The zero-order valence-corrected chi connectivity index (χ0v) is 11.8. The van der Waals surface area contributed by atoms with Crippen LogP contribution in [-0.4, -0.2) is 9.38 Å². The van der Waals surface area contributed by atoms with Crippen LogP contribution in [-0.2, 0) is 0 Å². The van der Waals surface area contributed by atoms with Gasteiger partial charge in [0.15, 0.2) is 5.82 Å². The summed E-state index contributed by atoms with van der Waals surface area (Å²) in [4.78, 5) is 4.45. The van der Waals surface area contributed by atoms with Crippen molar-refractivity contribution in [3.05, 3.63) is 59.4 Å². The summed E-state index contributed by atoms with van der Waals surface area (Å²) in [5, 5.41) is 17.6. The lowest BCUT2D eigenvalue weighted by Gasteiger charge is -1.99. The first-order chi connectivity index (χ1) is 10.2. The van der Waals surface area contributed by atoms with Crippen LogP contribution in [0.25, 0.3) is 5.65 Å². The Kier molecular flexibility index (Phi) is 3.20. The fourth-order valence-corrected chi connectivity index (χ4v) is 2.13. The number of fused-ring (bicyclic) bond motifs is 1. The molecule has 0 aliphatic carbocycles. The molecule has 3 aromatic rings. The number of pyridine rings is 1. The van der Waals surface area contributed by atoms with Crippen molar-refractivity contribution < 1.29 is 0 Å². The molecular weight excluding hydrogens is 262 g/mol. The van der Waals surface area contributed by atoms with E-state index in [-0.39, 0.29) is 0 Å². The standard InChI is InChI=1S/C16H13N5/c1-11-7-8-15-18-12(2)16(21(15)10-11)20-19-14-6-4-3-5-13(14)9-17/h3-8,10H,1-2H3. The van der Waals surface area contributed by atoms with E-state index in [1.165, 1.54) is 0 Å². The van der Waals surface area contributed by atoms with Gasteiger partial charge in [0.1, 0.15) is 17.4 Å². The largest absolute Gasteiger partial charge is 0.283 e. The zero-order valence-electron chi connectivity index (χ0n) is 11.8. The molecule has 0 saturated heterocycles. The number of imidazole rings is 1. The molecule has 5 nitrogen and oxygen atoms in total. The molecule has 0 radical (unpaired) electrons. The second-order valence-corrected chi connectivity index (χ2v) is 4.78. The normalized spacial score (nSPS) is 11.1. The van der Waals surface area contributed by atoms with Gasteiger partial charge in [0, 0.05) is 6.20 Å². The van der Waals surface area contributed by atoms with Gasteiger partial charge in [-0.1, -0.05) is 18.2 Å². The van der Waals surface area contributed by atoms with Gasteiger partial charge in [0.2, 0.25) is 0 Å². The molecule has 0 bridgehead atoms. The Bertz CT molecular complexity index is 883. The zero-order chi connectivity index (χ0) is 14.8. The lowest BCUT2D eigenvalue weighted by Crippen LogP contribution is -1.84. The summed E-state index contributed by atoms with van der Waals surface area (Å²) in [5.74, 6) is 0.682. The summed E-state index contributed by atoms with van der Waals surface area (Å²) in [6, 6.07) is 13.2. The summed E-state index contributed by atoms with van der Waals surface area (Å²) in [7, 11) is 0. The van der Waals surface area contributed by atoms with E-state index in [4.69, 9.17) is 5.26 Å². The number of nitriles is 1. The Labute approximate surface area is 122 Å². The first-order valence-corrected chi connectivity index (χ1v) is 6.55.